The lowest BCUT2D eigenvalue weighted by molar-refractivity contribution is -0.133. The minimum Gasteiger partial charge on any atom is -0.478 e. The van der Waals surface area contributed by atoms with Crippen LogP contribution in [0.2, 0.25) is 0 Å². The summed E-state index contributed by atoms with van der Waals surface area (Å²) in [5, 5.41) is 27.9. The first-order chi connectivity index (χ1) is 17.4. The Hall–Kier alpha value is -3.91. The Labute approximate surface area is 215 Å². The predicted molar refractivity (Wildman–Crippen MR) is 146 cm³/mol. The third-order valence-corrected chi connectivity index (χ3v) is 5.61. The van der Waals surface area contributed by atoms with Gasteiger partial charge in [-0.15, -0.1) is 0 Å². The van der Waals surface area contributed by atoms with E-state index in [1.54, 1.807) is 31.2 Å². The standard InChI is InChI=1S/C31H37NO4/c1-3-4-5-6-7-12-19-27(23-22-26-17-10-8-11-18-26)29(31(35)36)21-14-9-13-20-28(30(33)34)25(2)16-15-24-32/h8-11,13-18,20-23,25H,3-7,12,19H2,1-2H3,(H,33,34)(H,35,36). The van der Waals surface area contributed by atoms with Gasteiger partial charge in [-0.3, -0.25) is 0 Å². The lowest BCUT2D eigenvalue weighted by atomic mass is 9.98. The van der Waals surface area contributed by atoms with E-state index in [9.17, 15) is 19.8 Å². The zero-order valence-corrected chi connectivity index (χ0v) is 21.3. The van der Waals surface area contributed by atoms with Crippen LogP contribution in [0.1, 0.15) is 64.4 Å². The molecule has 5 nitrogen and oxygen atoms in total. The highest BCUT2D eigenvalue weighted by Gasteiger charge is 2.12. The van der Waals surface area contributed by atoms with Gasteiger partial charge in [0.15, 0.2) is 0 Å². The fourth-order valence-electron chi connectivity index (χ4n) is 3.56. The summed E-state index contributed by atoms with van der Waals surface area (Å²) in [5.74, 6) is -2.51. The van der Waals surface area contributed by atoms with Crippen LogP contribution in [0.15, 0.2) is 95.7 Å². The molecule has 1 unspecified atom stereocenters. The first kappa shape index (κ1) is 30.1. The van der Waals surface area contributed by atoms with Crippen LogP contribution in [0.25, 0.3) is 6.08 Å². The molecule has 0 bridgehead atoms. The molecule has 0 aliphatic heterocycles. The number of rotatable bonds is 16. The lowest BCUT2D eigenvalue weighted by Gasteiger charge is -2.07. The summed E-state index contributed by atoms with van der Waals surface area (Å²) in [6.07, 6.45) is 21.7. The molecule has 0 saturated carbocycles. The van der Waals surface area contributed by atoms with Crippen LogP contribution in [0.3, 0.4) is 0 Å². The van der Waals surface area contributed by atoms with Crippen LogP contribution < -0.4 is 0 Å². The molecule has 0 fully saturated rings. The van der Waals surface area contributed by atoms with Crippen LogP contribution in [0, 0.1) is 17.2 Å². The number of carbonyl (C=O) groups is 2. The zero-order valence-electron chi connectivity index (χ0n) is 21.3. The topological polar surface area (TPSA) is 98.4 Å². The van der Waals surface area contributed by atoms with Crippen LogP contribution in [-0.4, -0.2) is 22.2 Å². The Balaban J connectivity index is 3.12. The van der Waals surface area contributed by atoms with E-state index < -0.39 is 17.9 Å². The highest BCUT2D eigenvalue weighted by molar-refractivity contribution is 5.92. The quantitative estimate of drug-likeness (QED) is 0.108. The second kappa shape index (κ2) is 18.4. The number of unbranched alkanes of at least 4 members (excludes halogenated alkanes) is 5. The maximum absolute atomic E-state index is 12.1. The normalized spacial score (nSPS) is 14.0. The summed E-state index contributed by atoms with van der Waals surface area (Å²) < 4.78 is 0. The number of nitriles is 1. The van der Waals surface area contributed by atoms with Crippen LogP contribution >= 0.6 is 0 Å². The predicted octanol–water partition coefficient (Wildman–Crippen LogP) is 7.67. The summed E-state index contributed by atoms with van der Waals surface area (Å²) >= 11 is 0. The van der Waals surface area contributed by atoms with E-state index >= 15 is 0 Å². The largest absolute Gasteiger partial charge is 0.478 e. The summed E-state index contributed by atoms with van der Waals surface area (Å²) in [6.45, 7) is 3.87. The van der Waals surface area contributed by atoms with Gasteiger partial charge in [0.25, 0.3) is 0 Å². The minimum absolute atomic E-state index is 0.134. The number of hydrogen-bond donors (Lipinski definition) is 2. The SMILES string of the molecule is CCCCCCCCC(C=Cc1ccccc1)=C(C=CC=CC=C(C(=O)O)C(C)C=CC#N)C(=O)O. The molecule has 1 rings (SSSR count). The summed E-state index contributed by atoms with van der Waals surface area (Å²) in [7, 11) is 0. The van der Waals surface area contributed by atoms with E-state index in [0.29, 0.717) is 6.42 Å². The van der Waals surface area contributed by atoms with Gasteiger partial charge in [0.05, 0.1) is 11.6 Å². The number of carboxylic acids is 2. The highest BCUT2D eigenvalue weighted by Crippen LogP contribution is 2.20. The molecule has 0 aliphatic carbocycles. The van der Waals surface area contributed by atoms with E-state index in [1.807, 2.05) is 48.6 Å². The molecular weight excluding hydrogens is 450 g/mol. The summed E-state index contributed by atoms with van der Waals surface area (Å²) in [6, 6.07) is 11.6. The average molecular weight is 488 g/mol. The van der Waals surface area contributed by atoms with E-state index in [4.69, 9.17) is 5.26 Å². The van der Waals surface area contributed by atoms with Crippen LogP contribution in [0.4, 0.5) is 0 Å². The number of nitrogens with zero attached hydrogens (tertiary/aromatic N) is 1. The zero-order chi connectivity index (χ0) is 26.6. The number of aliphatic carboxylic acids is 2. The number of allylic oxidation sites excluding steroid dienone is 8. The molecular formula is C31H37NO4. The third-order valence-electron chi connectivity index (χ3n) is 5.61. The van der Waals surface area contributed by atoms with Gasteiger partial charge in [-0.25, -0.2) is 9.59 Å². The molecule has 1 aromatic rings. The van der Waals surface area contributed by atoms with Crippen molar-refractivity contribution in [1.82, 2.24) is 0 Å². The van der Waals surface area contributed by atoms with Crippen molar-refractivity contribution in [2.45, 2.75) is 58.8 Å². The van der Waals surface area contributed by atoms with Crippen molar-refractivity contribution in [2.24, 2.45) is 5.92 Å². The van der Waals surface area contributed by atoms with Crippen molar-refractivity contribution in [3.05, 3.63) is 101 Å². The Morgan fingerprint density at radius 1 is 0.944 bits per heavy atom. The molecule has 1 atom stereocenters. The van der Waals surface area contributed by atoms with Gasteiger partial charge in [0, 0.05) is 17.6 Å². The molecule has 2 N–H and O–H groups in total. The van der Waals surface area contributed by atoms with Gasteiger partial charge >= 0.3 is 11.9 Å². The summed E-state index contributed by atoms with van der Waals surface area (Å²) in [5.41, 5.74) is 2.10. The average Bonchev–Trinajstić information content (AvgIpc) is 2.86. The molecule has 190 valence electrons. The molecule has 0 aromatic heterocycles. The van der Waals surface area contributed by atoms with Gasteiger partial charge in [-0.2, -0.15) is 5.26 Å². The lowest BCUT2D eigenvalue weighted by Crippen LogP contribution is -2.07. The Morgan fingerprint density at radius 3 is 2.28 bits per heavy atom. The Kier molecular flexibility index (Phi) is 15.4. The smallest absolute Gasteiger partial charge is 0.335 e. The van der Waals surface area contributed by atoms with Crippen molar-refractivity contribution in [3.8, 4) is 6.07 Å². The molecule has 0 aliphatic rings. The molecule has 36 heavy (non-hydrogen) atoms. The van der Waals surface area contributed by atoms with E-state index in [0.717, 1.165) is 30.4 Å². The molecule has 0 spiro atoms. The minimum atomic E-state index is -1.07. The maximum atomic E-state index is 12.1. The summed E-state index contributed by atoms with van der Waals surface area (Å²) in [4.78, 5) is 23.6. The van der Waals surface area contributed by atoms with Gasteiger partial charge < -0.3 is 10.2 Å². The number of carboxylic acid groups (broad SMARTS) is 2. The van der Waals surface area contributed by atoms with Crippen molar-refractivity contribution in [2.75, 3.05) is 0 Å². The Bertz CT molecular complexity index is 1050. The fourth-order valence-corrected chi connectivity index (χ4v) is 3.56. The van der Waals surface area contributed by atoms with Gasteiger partial charge in [-0.1, -0.05) is 119 Å². The first-order valence-electron chi connectivity index (χ1n) is 12.4. The van der Waals surface area contributed by atoms with Crippen molar-refractivity contribution in [3.63, 3.8) is 0 Å². The molecule has 0 amide bonds. The van der Waals surface area contributed by atoms with Crippen molar-refractivity contribution in [1.29, 1.82) is 5.26 Å². The van der Waals surface area contributed by atoms with Gasteiger partial charge in [0.1, 0.15) is 0 Å². The van der Waals surface area contributed by atoms with Gasteiger partial charge in [0.2, 0.25) is 0 Å². The van der Waals surface area contributed by atoms with E-state index in [2.05, 4.69) is 6.92 Å². The second-order valence-electron chi connectivity index (χ2n) is 8.45. The fraction of sp³-hybridized carbons (Fsp3) is 0.323. The van der Waals surface area contributed by atoms with Crippen LogP contribution in [0.5, 0.6) is 0 Å². The number of hydrogen-bond acceptors (Lipinski definition) is 3. The van der Waals surface area contributed by atoms with Crippen molar-refractivity contribution < 1.29 is 19.8 Å². The van der Waals surface area contributed by atoms with Crippen LogP contribution in [-0.2, 0) is 9.59 Å². The molecule has 1 aromatic carbocycles. The molecule has 0 radical (unpaired) electrons. The first-order valence-corrected chi connectivity index (χ1v) is 12.4. The molecule has 5 heteroatoms. The Morgan fingerprint density at radius 2 is 1.64 bits per heavy atom. The van der Waals surface area contributed by atoms with E-state index in [1.165, 1.54) is 37.5 Å². The van der Waals surface area contributed by atoms with E-state index in [-0.39, 0.29) is 11.1 Å². The second-order valence-corrected chi connectivity index (χ2v) is 8.45. The molecule has 0 heterocycles. The highest BCUT2D eigenvalue weighted by atomic mass is 16.4. The van der Waals surface area contributed by atoms with Crippen molar-refractivity contribution >= 4 is 18.0 Å². The maximum Gasteiger partial charge on any atom is 0.335 e. The monoisotopic (exact) mass is 487 g/mol. The number of benzene rings is 1. The molecule has 0 saturated heterocycles. The third kappa shape index (κ3) is 12.5. The van der Waals surface area contributed by atoms with Gasteiger partial charge in [-0.05, 0) is 30.1 Å².